The van der Waals surface area contributed by atoms with Gasteiger partial charge in [-0.2, -0.15) is 0 Å². The molecule has 0 spiro atoms. The Morgan fingerprint density at radius 2 is 1.89 bits per heavy atom. The van der Waals surface area contributed by atoms with Crippen molar-refractivity contribution in [2.75, 3.05) is 0 Å². The Balaban J connectivity index is 3.85. The van der Waals surface area contributed by atoms with Crippen LogP contribution in [0.15, 0.2) is 36.6 Å². The summed E-state index contributed by atoms with van der Waals surface area (Å²) in [6, 6.07) is 0. The second-order valence-electron chi connectivity index (χ2n) is 1.54. The molecule has 0 aromatic rings. The smallest absolute Gasteiger partial charge is 0.108 e. The van der Waals surface area contributed by atoms with Crippen LogP contribution < -0.4 is 0 Å². The van der Waals surface area contributed by atoms with Crippen LogP contribution in [0.5, 0.6) is 0 Å². The standard InChI is InChI=1S/C7H9NO/c1-6(5-8)3-4-7(2)9/h3-5,8-9H,1-2H2/b4-3-,8-5?. The van der Waals surface area contributed by atoms with E-state index < -0.39 is 0 Å². The van der Waals surface area contributed by atoms with Gasteiger partial charge in [0.15, 0.2) is 0 Å². The van der Waals surface area contributed by atoms with E-state index in [0.29, 0.717) is 5.57 Å². The van der Waals surface area contributed by atoms with E-state index in [4.69, 9.17) is 10.5 Å². The molecule has 2 nitrogen and oxygen atoms in total. The Kier molecular flexibility index (Phi) is 3.13. The SMILES string of the molecule is C=C(O)/C=C\C(=C)C=N. The van der Waals surface area contributed by atoms with Crippen molar-refractivity contribution in [2.45, 2.75) is 0 Å². The van der Waals surface area contributed by atoms with Crippen LogP contribution in [-0.2, 0) is 0 Å². The molecule has 0 rings (SSSR count). The molecule has 48 valence electrons. The van der Waals surface area contributed by atoms with Crippen molar-refractivity contribution in [1.29, 1.82) is 5.41 Å². The number of rotatable bonds is 3. The summed E-state index contributed by atoms with van der Waals surface area (Å²) in [7, 11) is 0. The Labute approximate surface area is 54.3 Å². The van der Waals surface area contributed by atoms with Crippen molar-refractivity contribution in [3.63, 3.8) is 0 Å². The number of hydrogen-bond donors (Lipinski definition) is 2. The minimum Gasteiger partial charge on any atom is -0.509 e. The normalized spacial score (nSPS) is 9.33. The molecule has 0 aromatic heterocycles. The Hall–Kier alpha value is -1.31. The number of aliphatic hydroxyl groups excluding tert-OH is 1. The molecule has 0 amide bonds. The molecule has 0 aliphatic carbocycles. The second-order valence-corrected chi connectivity index (χ2v) is 1.54. The van der Waals surface area contributed by atoms with Crippen molar-refractivity contribution in [1.82, 2.24) is 0 Å². The van der Waals surface area contributed by atoms with Crippen LogP contribution in [0, 0.1) is 5.41 Å². The minimum absolute atomic E-state index is 0.0296. The predicted molar refractivity (Wildman–Crippen MR) is 38.8 cm³/mol. The highest BCUT2D eigenvalue weighted by molar-refractivity contribution is 5.78. The summed E-state index contributed by atoms with van der Waals surface area (Å²) in [5, 5.41) is 15.2. The fourth-order valence-corrected chi connectivity index (χ4v) is 0.251. The van der Waals surface area contributed by atoms with Crippen molar-refractivity contribution in [3.8, 4) is 0 Å². The molecule has 0 bridgehead atoms. The van der Waals surface area contributed by atoms with Gasteiger partial charge in [-0.05, 0) is 11.6 Å². The number of nitrogens with one attached hydrogen (secondary N) is 1. The van der Waals surface area contributed by atoms with Crippen molar-refractivity contribution >= 4 is 6.21 Å². The first-order chi connectivity index (χ1) is 4.16. The van der Waals surface area contributed by atoms with E-state index in [0.717, 1.165) is 6.21 Å². The zero-order valence-electron chi connectivity index (χ0n) is 5.09. The van der Waals surface area contributed by atoms with Gasteiger partial charge in [0, 0.05) is 6.21 Å². The van der Waals surface area contributed by atoms with Crippen LogP contribution in [0.3, 0.4) is 0 Å². The average Bonchev–Trinajstić information content (AvgIpc) is 1.83. The molecular weight excluding hydrogens is 114 g/mol. The summed E-state index contributed by atoms with van der Waals surface area (Å²) < 4.78 is 0. The maximum atomic E-state index is 8.50. The van der Waals surface area contributed by atoms with E-state index in [1.165, 1.54) is 12.2 Å². The van der Waals surface area contributed by atoms with Crippen LogP contribution in [0.4, 0.5) is 0 Å². The zero-order valence-corrected chi connectivity index (χ0v) is 5.09. The van der Waals surface area contributed by atoms with Crippen LogP contribution in [-0.4, -0.2) is 11.3 Å². The lowest BCUT2D eigenvalue weighted by Crippen LogP contribution is -1.73. The van der Waals surface area contributed by atoms with E-state index in [9.17, 15) is 0 Å². The van der Waals surface area contributed by atoms with E-state index in [1.807, 2.05) is 0 Å². The zero-order chi connectivity index (χ0) is 7.28. The minimum atomic E-state index is -0.0296. The van der Waals surface area contributed by atoms with Crippen molar-refractivity contribution in [2.24, 2.45) is 0 Å². The molecular formula is C7H9NO. The van der Waals surface area contributed by atoms with Gasteiger partial charge in [0.25, 0.3) is 0 Å². The number of hydrogen-bond acceptors (Lipinski definition) is 2. The molecule has 0 aliphatic rings. The highest BCUT2D eigenvalue weighted by atomic mass is 16.3. The summed E-state index contributed by atoms with van der Waals surface area (Å²) in [4.78, 5) is 0. The Bertz CT molecular complexity index is 168. The first kappa shape index (κ1) is 7.69. The highest BCUT2D eigenvalue weighted by Crippen LogP contribution is 1.90. The molecule has 0 aliphatic heterocycles. The van der Waals surface area contributed by atoms with Crippen LogP contribution in [0.1, 0.15) is 0 Å². The van der Waals surface area contributed by atoms with Gasteiger partial charge in [-0.15, -0.1) is 0 Å². The van der Waals surface area contributed by atoms with Crippen LogP contribution >= 0.6 is 0 Å². The molecule has 9 heavy (non-hydrogen) atoms. The van der Waals surface area contributed by atoms with E-state index in [-0.39, 0.29) is 5.76 Å². The molecule has 0 heterocycles. The van der Waals surface area contributed by atoms with Gasteiger partial charge >= 0.3 is 0 Å². The van der Waals surface area contributed by atoms with Gasteiger partial charge in [0.1, 0.15) is 5.76 Å². The molecule has 0 unspecified atom stereocenters. The van der Waals surface area contributed by atoms with E-state index >= 15 is 0 Å². The van der Waals surface area contributed by atoms with Gasteiger partial charge < -0.3 is 10.5 Å². The summed E-state index contributed by atoms with van der Waals surface area (Å²) in [6.45, 7) is 6.68. The maximum Gasteiger partial charge on any atom is 0.108 e. The van der Waals surface area contributed by atoms with E-state index in [1.54, 1.807) is 0 Å². The third-order valence-corrected chi connectivity index (χ3v) is 0.675. The molecule has 2 N–H and O–H groups in total. The fraction of sp³-hybridized carbons (Fsp3) is 0. The number of aliphatic hydroxyl groups is 1. The molecule has 0 saturated heterocycles. The summed E-state index contributed by atoms with van der Waals surface area (Å²) in [5.74, 6) is -0.0296. The average molecular weight is 123 g/mol. The van der Waals surface area contributed by atoms with Crippen LogP contribution in [0.2, 0.25) is 0 Å². The molecule has 0 aromatic carbocycles. The highest BCUT2D eigenvalue weighted by Gasteiger charge is 1.78. The number of allylic oxidation sites excluding steroid dienone is 3. The third kappa shape index (κ3) is 4.55. The third-order valence-electron chi connectivity index (χ3n) is 0.675. The first-order valence-corrected chi connectivity index (χ1v) is 2.42. The quantitative estimate of drug-likeness (QED) is 0.335. The van der Waals surface area contributed by atoms with Gasteiger partial charge in [0.05, 0.1) is 0 Å². The molecule has 0 fully saturated rings. The first-order valence-electron chi connectivity index (χ1n) is 2.42. The lowest BCUT2D eigenvalue weighted by atomic mass is 10.3. The van der Waals surface area contributed by atoms with E-state index in [2.05, 4.69) is 13.2 Å². The lowest BCUT2D eigenvalue weighted by molar-refractivity contribution is 0.435. The van der Waals surface area contributed by atoms with Crippen molar-refractivity contribution in [3.05, 3.63) is 36.6 Å². The fourth-order valence-electron chi connectivity index (χ4n) is 0.251. The second kappa shape index (κ2) is 3.66. The summed E-state index contributed by atoms with van der Waals surface area (Å²) in [6.07, 6.45) is 3.99. The van der Waals surface area contributed by atoms with Crippen molar-refractivity contribution < 1.29 is 5.11 Å². The lowest BCUT2D eigenvalue weighted by Gasteiger charge is -1.84. The largest absolute Gasteiger partial charge is 0.509 e. The van der Waals surface area contributed by atoms with Gasteiger partial charge in [0.2, 0.25) is 0 Å². The van der Waals surface area contributed by atoms with Gasteiger partial charge in [-0.1, -0.05) is 19.2 Å². The molecule has 2 heteroatoms. The summed E-state index contributed by atoms with van der Waals surface area (Å²) in [5.41, 5.74) is 0.533. The Morgan fingerprint density at radius 3 is 2.22 bits per heavy atom. The maximum absolute atomic E-state index is 8.50. The monoisotopic (exact) mass is 123 g/mol. The summed E-state index contributed by atoms with van der Waals surface area (Å²) >= 11 is 0. The molecule has 0 atom stereocenters. The topological polar surface area (TPSA) is 44.1 Å². The Morgan fingerprint density at radius 1 is 1.33 bits per heavy atom. The van der Waals surface area contributed by atoms with Gasteiger partial charge in [-0.25, -0.2) is 0 Å². The molecule has 0 radical (unpaired) electrons. The van der Waals surface area contributed by atoms with Gasteiger partial charge in [-0.3, -0.25) is 0 Å². The molecule has 0 saturated carbocycles. The predicted octanol–water partition coefficient (Wildman–Crippen LogP) is 1.82. The van der Waals surface area contributed by atoms with Crippen LogP contribution in [0.25, 0.3) is 0 Å².